The molecule has 0 saturated heterocycles. The first-order valence-corrected chi connectivity index (χ1v) is 7.49. The van der Waals surface area contributed by atoms with Crippen LogP contribution < -0.4 is 0 Å². The lowest BCUT2D eigenvalue weighted by atomic mass is 9.92. The number of ether oxygens (including phenoxy) is 2. The van der Waals surface area contributed by atoms with E-state index in [0.717, 1.165) is 0 Å². The summed E-state index contributed by atoms with van der Waals surface area (Å²) in [5.41, 5.74) is 0.683. The molecule has 1 rings (SSSR count). The van der Waals surface area contributed by atoms with Crippen LogP contribution in [0.1, 0.15) is 38.2 Å². The van der Waals surface area contributed by atoms with Gasteiger partial charge in [-0.3, -0.25) is 9.59 Å². The molecule has 6 heteroatoms. The van der Waals surface area contributed by atoms with Gasteiger partial charge in [-0.1, -0.05) is 29.3 Å². The Morgan fingerprint density at radius 2 is 1.57 bits per heavy atom. The molecule has 1 aromatic carbocycles. The molecule has 0 bridgehead atoms. The summed E-state index contributed by atoms with van der Waals surface area (Å²) in [5.74, 6) is -1.15. The average Bonchev–Trinajstić information content (AvgIpc) is 2.38. The fourth-order valence-corrected chi connectivity index (χ4v) is 2.53. The van der Waals surface area contributed by atoms with Gasteiger partial charge >= 0.3 is 11.9 Å². The van der Waals surface area contributed by atoms with Gasteiger partial charge in [0.1, 0.15) is 0 Å². The molecule has 0 aromatic heterocycles. The average molecular weight is 333 g/mol. The summed E-state index contributed by atoms with van der Waals surface area (Å²) in [5, 5.41) is 0.913. The van der Waals surface area contributed by atoms with E-state index in [1.54, 1.807) is 32.0 Å². The zero-order chi connectivity index (χ0) is 15.8. The molecule has 1 aromatic rings. The molecule has 0 atom stereocenters. The van der Waals surface area contributed by atoms with Crippen LogP contribution in [-0.4, -0.2) is 25.2 Å². The van der Waals surface area contributed by atoms with Gasteiger partial charge in [0.15, 0.2) is 0 Å². The van der Waals surface area contributed by atoms with E-state index < -0.39 is 5.92 Å². The Kier molecular flexibility index (Phi) is 7.54. The number of carbonyl (C=O) groups excluding carboxylic acids is 2. The smallest absolute Gasteiger partial charge is 0.306 e. The van der Waals surface area contributed by atoms with Crippen LogP contribution in [0.25, 0.3) is 0 Å². The molecule has 0 heterocycles. The molecule has 0 fully saturated rings. The fourth-order valence-electron chi connectivity index (χ4n) is 1.97. The molecule has 4 nitrogen and oxygen atoms in total. The molecule has 0 saturated carbocycles. The molecule has 0 amide bonds. The van der Waals surface area contributed by atoms with Crippen LogP contribution in [0.5, 0.6) is 0 Å². The number of hydrogen-bond donors (Lipinski definition) is 0. The van der Waals surface area contributed by atoms with Crippen molar-refractivity contribution >= 4 is 35.1 Å². The van der Waals surface area contributed by atoms with E-state index >= 15 is 0 Å². The predicted octanol–water partition coefficient (Wildman–Crippen LogP) is 3.98. The van der Waals surface area contributed by atoms with Crippen molar-refractivity contribution in [2.75, 3.05) is 13.2 Å². The Balaban J connectivity index is 2.94. The van der Waals surface area contributed by atoms with Crippen molar-refractivity contribution in [3.63, 3.8) is 0 Å². The van der Waals surface area contributed by atoms with Crippen LogP contribution in [0.3, 0.4) is 0 Å². The Labute approximate surface area is 134 Å². The van der Waals surface area contributed by atoms with Gasteiger partial charge in [-0.05, 0) is 31.5 Å². The SMILES string of the molecule is CCOC(=O)CC(CC(=O)OCC)c1ccc(Cl)cc1Cl. The van der Waals surface area contributed by atoms with E-state index in [1.165, 1.54) is 0 Å². The lowest BCUT2D eigenvalue weighted by Gasteiger charge is -2.17. The second kappa shape index (κ2) is 8.90. The first kappa shape index (κ1) is 17.8. The second-order valence-electron chi connectivity index (χ2n) is 4.38. The number of esters is 2. The van der Waals surface area contributed by atoms with Crippen LogP contribution in [0.15, 0.2) is 18.2 Å². The van der Waals surface area contributed by atoms with Crippen LogP contribution in [0, 0.1) is 0 Å². The molecular formula is C15H18Cl2O4. The van der Waals surface area contributed by atoms with Gasteiger partial charge in [-0.15, -0.1) is 0 Å². The highest BCUT2D eigenvalue weighted by Crippen LogP contribution is 2.32. The third-order valence-corrected chi connectivity index (χ3v) is 3.40. The fraction of sp³-hybridized carbons (Fsp3) is 0.467. The lowest BCUT2D eigenvalue weighted by Crippen LogP contribution is -2.16. The van der Waals surface area contributed by atoms with E-state index in [4.69, 9.17) is 32.7 Å². The highest BCUT2D eigenvalue weighted by atomic mass is 35.5. The van der Waals surface area contributed by atoms with Crippen molar-refractivity contribution in [1.82, 2.24) is 0 Å². The molecule has 0 aliphatic carbocycles. The van der Waals surface area contributed by atoms with E-state index in [-0.39, 0.29) is 24.8 Å². The first-order chi connectivity index (χ1) is 9.97. The molecule has 0 N–H and O–H groups in total. The third kappa shape index (κ3) is 5.94. The molecule has 116 valence electrons. The van der Waals surface area contributed by atoms with Gasteiger partial charge in [0.2, 0.25) is 0 Å². The van der Waals surface area contributed by atoms with Crippen molar-refractivity contribution in [2.24, 2.45) is 0 Å². The van der Waals surface area contributed by atoms with E-state index in [9.17, 15) is 9.59 Å². The molecule has 0 aliphatic heterocycles. The van der Waals surface area contributed by atoms with E-state index in [2.05, 4.69) is 0 Å². The number of hydrogen-bond acceptors (Lipinski definition) is 4. The standard InChI is InChI=1S/C15H18Cl2O4/c1-3-20-14(18)7-10(8-15(19)21-4-2)12-6-5-11(16)9-13(12)17/h5-6,9-10H,3-4,7-8H2,1-2H3. The summed E-state index contributed by atoms with van der Waals surface area (Å²) in [4.78, 5) is 23.4. The minimum absolute atomic E-state index is 0.0635. The van der Waals surface area contributed by atoms with Gasteiger partial charge in [0.05, 0.1) is 26.1 Å². The van der Waals surface area contributed by atoms with Crippen molar-refractivity contribution in [3.05, 3.63) is 33.8 Å². The number of carbonyl (C=O) groups is 2. The maximum absolute atomic E-state index is 11.7. The van der Waals surface area contributed by atoms with Gasteiger partial charge in [-0.2, -0.15) is 0 Å². The maximum atomic E-state index is 11.7. The maximum Gasteiger partial charge on any atom is 0.306 e. The summed E-state index contributed by atoms with van der Waals surface area (Å²) in [6.07, 6.45) is 0.127. The van der Waals surface area contributed by atoms with Crippen LogP contribution in [-0.2, 0) is 19.1 Å². The minimum Gasteiger partial charge on any atom is -0.466 e. The monoisotopic (exact) mass is 332 g/mol. The highest BCUT2D eigenvalue weighted by Gasteiger charge is 2.23. The molecular weight excluding hydrogens is 315 g/mol. The molecule has 21 heavy (non-hydrogen) atoms. The summed E-state index contributed by atoms with van der Waals surface area (Å²) in [6.45, 7) is 4.04. The zero-order valence-corrected chi connectivity index (χ0v) is 13.5. The van der Waals surface area contributed by atoms with Gasteiger partial charge in [-0.25, -0.2) is 0 Å². The topological polar surface area (TPSA) is 52.6 Å². The van der Waals surface area contributed by atoms with Crippen molar-refractivity contribution in [2.45, 2.75) is 32.6 Å². The number of halogens is 2. The van der Waals surface area contributed by atoms with Gasteiger partial charge < -0.3 is 9.47 Å². The molecule has 0 aliphatic rings. The molecule has 0 unspecified atom stereocenters. The predicted molar refractivity (Wildman–Crippen MR) is 81.7 cm³/mol. The van der Waals surface area contributed by atoms with Crippen LogP contribution in [0.2, 0.25) is 10.0 Å². The summed E-state index contributed by atoms with van der Waals surface area (Å²) in [6, 6.07) is 4.97. The Hall–Kier alpha value is -1.26. The van der Waals surface area contributed by atoms with Crippen LogP contribution in [0.4, 0.5) is 0 Å². The van der Waals surface area contributed by atoms with Gasteiger partial charge in [0, 0.05) is 16.0 Å². The number of benzene rings is 1. The van der Waals surface area contributed by atoms with Crippen molar-refractivity contribution in [3.8, 4) is 0 Å². The zero-order valence-electron chi connectivity index (χ0n) is 12.0. The van der Waals surface area contributed by atoms with E-state index in [0.29, 0.717) is 28.8 Å². The second-order valence-corrected chi connectivity index (χ2v) is 5.22. The quantitative estimate of drug-likeness (QED) is 0.708. The Morgan fingerprint density at radius 3 is 2.00 bits per heavy atom. The summed E-state index contributed by atoms with van der Waals surface area (Å²) < 4.78 is 9.88. The largest absolute Gasteiger partial charge is 0.466 e. The summed E-state index contributed by atoms with van der Waals surface area (Å²) in [7, 11) is 0. The Morgan fingerprint density at radius 1 is 1.05 bits per heavy atom. The Bertz CT molecular complexity index is 482. The number of rotatable bonds is 7. The summed E-state index contributed by atoms with van der Waals surface area (Å²) >= 11 is 12.0. The van der Waals surface area contributed by atoms with Crippen molar-refractivity contribution in [1.29, 1.82) is 0 Å². The van der Waals surface area contributed by atoms with Crippen molar-refractivity contribution < 1.29 is 19.1 Å². The van der Waals surface area contributed by atoms with Gasteiger partial charge in [0.25, 0.3) is 0 Å². The molecule has 0 radical (unpaired) electrons. The van der Waals surface area contributed by atoms with Crippen LogP contribution >= 0.6 is 23.2 Å². The minimum atomic E-state index is -0.395. The first-order valence-electron chi connectivity index (χ1n) is 6.74. The normalized spacial score (nSPS) is 10.5. The third-order valence-electron chi connectivity index (χ3n) is 2.84. The highest BCUT2D eigenvalue weighted by molar-refractivity contribution is 6.35. The molecule has 0 spiro atoms. The van der Waals surface area contributed by atoms with E-state index in [1.807, 2.05) is 0 Å². The lowest BCUT2D eigenvalue weighted by molar-refractivity contribution is -0.145.